The summed E-state index contributed by atoms with van der Waals surface area (Å²) in [5, 5.41) is 10.1. The molecule has 0 radical (unpaired) electrons. The topological polar surface area (TPSA) is 102 Å². The molecule has 0 saturated heterocycles. The highest BCUT2D eigenvalue weighted by Gasteiger charge is 2.43. The summed E-state index contributed by atoms with van der Waals surface area (Å²) in [5.41, 5.74) is 1.70. The molecule has 1 fully saturated rings. The highest BCUT2D eigenvalue weighted by Crippen LogP contribution is 2.48. The van der Waals surface area contributed by atoms with Crippen molar-refractivity contribution in [3.05, 3.63) is 66.5 Å². The number of carbonyl (C=O) groups excluding carboxylic acids is 1. The van der Waals surface area contributed by atoms with Crippen molar-refractivity contribution in [2.24, 2.45) is 11.1 Å². The number of fused-ring (bicyclic) bond motifs is 1. The van der Waals surface area contributed by atoms with Crippen molar-refractivity contribution in [2.45, 2.75) is 17.2 Å². The smallest absolute Gasteiger partial charge is 0.238 e. The van der Waals surface area contributed by atoms with Crippen LogP contribution in [0.25, 0.3) is 10.8 Å². The summed E-state index contributed by atoms with van der Waals surface area (Å²) in [6.45, 7) is 0. The molecule has 0 spiro atoms. The van der Waals surface area contributed by atoms with Crippen molar-refractivity contribution >= 4 is 32.4 Å². The zero-order chi connectivity index (χ0) is 18.3. The SMILES string of the molecule is NS(=O)(=O)c1ccc([C@@H]2C[C@H]2C(=O)Nc2ccc3cnccc3c2)cc1. The standard InChI is InChI=1S/C19H17N3O3S/c20-26(24,25)16-5-2-12(3-6-16)17-10-18(17)19(23)22-15-4-1-14-11-21-8-7-13(14)9-15/h1-9,11,17-18H,10H2,(H,22,23)(H2,20,24,25)/t17-,18+/m0/s1. The Morgan fingerprint density at radius 1 is 1.08 bits per heavy atom. The number of primary sulfonamides is 1. The van der Waals surface area contributed by atoms with Gasteiger partial charge in [-0.1, -0.05) is 18.2 Å². The first-order valence-electron chi connectivity index (χ1n) is 8.19. The fourth-order valence-electron chi connectivity index (χ4n) is 3.15. The van der Waals surface area contributed by atoms with Gasteiger partial charge < -0.3 is 5.32 Å². The van der Waals surface area contributed by atoms with E-state index in [1.807, 2.05) is 24.3 Å². The highest BCUT2D eigenvalue weighted by molar-refractivity contribution is 7.89. The van der Waals surface area contributed by atoms with Crippen LogP contribution in [0.15, 0.2) is 65.8 Å². The van der Waals surface area contributed by atoms with Gasteiger partial charge in [0.05, 0.1) is 4.90 Å². The Kier molecular flexibility index (Phi) is 3.97. The van der Waals surface area contributed by atoms with E-state index in [9.17, 15) is 13.2 Å². The lowest BCUT2D eigenvalue weighted by molar-refractivity contribution is -0.117. The third-order valence-corrected chi connectivity index (χ3v) is 5.60. The van der Waals surface area contributed by atoms with E-state index in [0.717, 1.165) is 28.4 Å². The summed E-state index contributed by atoms with van der Waals surface area (Å²) in [4.78, 5) is 16.6. The van der Waals surface area contributed by atoms with Crippen LogP contribution in [-0.4, -0.2) is 19.3 Å². The van der Waals surface area contributed by atoms with Gasteiger partial charge in [-0.2, -0.15) is 0 Å². The van der Waals surface area contributed by atoms with Gasteiger partial charge in [-0.15, -0.1) is 0 Å². The third-order valence-electron chi connectivity index (χ3n) is 4.67. The van der Waals surface area contributed by atoms with Gasteiger partial charge in [0, 0.05) is 29.4 Å². The van der Waals surface area contributed by atoms with Crippen molar-refractivity contribution in [3.8, 4) is 0 Å². The summed E-state index contributed by atoms with van der Waals surface area (Å²) >= 11 is 0. The minimum atomic E-state index is -3.70. The van der Waals surface area contributed by atoms with E-state index in [-0.39, 0.29) is 22.6 Å². The molecule has 1 heterocycles. The Morgan fingerprint density at radius 3 is 2.58 bits per heavy atom. The normalized spacial score (nSPS) is 19.3. The summed E-state index contributed by atoms with van der Waals surface area (Å²) in [6.07, 6.45) is 4.25. The minimum Gasteiger partial charge on any atom is -0.326 e. The van der Waals surface area contributed by atoms with Crippen LogP contribution in [-0.2, 0) is 14.8 Å². The number of benzene rings is 2. The van der Waals surface area contributed by atoms with E-state index >= 15 is 0 Å². The summed E-state index contributed by atoms with van der Waals surface area (Å²) in [6, 6.07) is 14.0. The van der Waals surface area contributed by atoms with Crippen LogP contribution in [0.2, 0.25) is 0 Å². The molecule has 0 bridgehead atoms. The fraction of sp³-hybridized carbons (Fsp3) is 0.158. The average molecular weight is 367 g/mol. The molecule has 0 aliphatic heterocycles. The molecule has 26 heavy (non-hydrogen) atoms. The van der Waals surface area contributed by atoms with E-state index in [2.05, 4.69) is 10.3 Å². The van der Waals surface area contributed by atoms with Crippen LogP contribution < -0.4 is 10.5 Å². The zero-order valence-electron chi connectivity index (χ0n) is 13.8. The van der Waals surface area contributed by atoms with Crippen LogP contribution in [0.3, 0.4) is 0 Å². The van der Waals surface area contributed by atoms with Crippen LogP contribution in [0.4, 0.5) is 5.69 Å². The number of rotatable bonds is 4. The number of hydrogen-bond acceptors (Lipinski definition) is 4. The molecule has 2 aromatic carbocycles. The van der Waals surface area contributed by atoms with Crippen molar-refractivity contribution in [1.82, 2.24) is 4.98 Å². The molecule has 1 aliphatic carbocycles. The van der Waals surface area contributed by atoms with Gasteiger partial charge in [0.15, 0.2) is 0 Å². The molecule has 0 unspecified atom stereocenters. The third kappa shape index (κ3) is 3.31. The Balaban J connectivity index is 1.45. The van der Waals surface area contributed by atoms with E-state index in [4.69, 9.17) is 5.14 Å². The highest BCUT2D eigenvalue weighted by atomic mass is 32.2. The second-order valence-electron chi connectivity index (χ2n) is 6.49. The number of nitrogens with one attached hydrogen (secondary N) is 1. The molecular formula is C19H17N3O3S. The van der Waals surface area contributed by atoms with Gasteiger partial charge in [0.2, 0.25) is 15.9 Å². The predicted molar refractivity (Wildman–Crippen MR) is 99.0 cm³/mol. The number of aromatic nitrogens is 1. The second kappa shape index (κ2) is 6.19. The molecule has 3 aromatic rings. The first kappa shape index (κ1) is 16.7. The molecule has 3 N–H and O–H groups in total. The van der Waals surface area contributed by atoms with Crippen LogP contribution in [0, 0.1) is 5.92 Å². The first-order valence-corrected chi connectivity index (χ1v) is 9.74. The largest absolute Gasteiger partial charge is 0.326 e. The van der Waals surface area contributed by atoms with Crippen molar-refractivity contribution in [3.63, 3.8) is 0 Å². The molecule has 4 rings (SSSR count). The first-order chi connectivity index (χ1) is 12.4. The zero-order valence-corrected chi connectivity index (χ0v) is 14.6. The van der Waals surface area contributed by atoms with Crippen LogP contribution >= 0.6 is 0 Å². The van der Waals surface area contributed by atoms with Crippen molar-refractivity contribution in [1.29, 1.82) is 0 Å². The summed E-state index contributed by atoms with van der Waals surface area (Å²) in [5.74, 6) is -0.0309. The lowest BCUT2D eigenvalue weighted by Crippen LogP contribution is -2.14. The Morgan fingerprint density at radius 2 is 1.85 bits per heavy atom. The number of nitrogens with two attached hydrogens (primary N) is 1. The molecule has 1 saturated carbocycles. The van der Waals surface area contributed by atoms with Crippen LogP contribution in [0.1, 0.15) is 17.9 Å². The van der Waals surface area contributed by atoms with Gasteiger partial charge in [-0.25, -0.2) is 13.6 Å². The number of anilines is 1. The van der Waals surface area contributed by atoms with E-state index in [1.165, 1.54) is 12.1 Å². The Hall–Kier alpha value is -2.77. The lowest BCUT2D eigenvalue weighted by Gasteiger charge is -2.07. The van der Waals surface area contributed by atoms with Gasteiger partial charge in [-0.05, 0) is 53.6 Å². The molecular weight excluding hydrogens is 350 g/mol. The molecule has 6 nitrogen and oxygen atoms in total. The maximum atomic E-state index is 12.5. The number of pyridine rings is 1. The molecule has 2 atom stereocenters. The summed E-state index contributed by atoms with van der Waals surface area (Å²) < 4.78 is 22.6. The number of carbonyl (C=O) groups is 1. The quantitative estimate of drug-likeness (QED) is 0.740. The van der Waals surface area contributed by atoms with Gasteiger partial charge in [0.1, 0.15) is 0 Å². The lowest BCUT2D eigenvalue weighted by atomic mass is 10.1. The molecule has 7 heteroatoms. The second-order valence-corrected chi connectivity index (χ2v) is 8.05. The van der Waals surface area contributed by atoms with Crippen molar-refractivity contribution < 1.29 is 13.2 Å². The van der Waals surface area contributed by atoms with Gasteiger partial charge >= 0.3 is 0 Å². The monoisotopic (exact) mass is 367 g/mol. The van der Waals surface area contributed by atoms with Gasteiger partial charge in [-0.3, -0.25) is 9.78 Å². The molecule has 1 amide bonds. The molecule has 132 valence electrons. The van der Waals surface area contributed by atoms with Gasteiger partial charge in [0.25, 0.3) is 0 Å². The number of hydrogen-bond donors (Lipinski definition) is 2. The number of sulfonamides is 1. The number of nitrogens with zero attached hydrogens (tertiary/aromatic N) is 1. The van der Waals surface area contributed by atoms with E-state index < -0.39 is 10.0 Å². The van der Waals surface area contributed by atoms with E-state index in [1.54, 1.807) is 24.5 Å². The maximum Gasteiger partial charge on any atom is 0.238 e. The Bertz CT molecular complexity index is 1090. The molecule has 1 aromatic heterocycles. The van der Waals surface area contributed by atoms with Crippen molar-refractivity contribution in [2.75, 3.05) is 5.32 Å². The fourth-order valence-corrected chi connectivity index (χ4v) is 3.67. The Labute approximate surface area is 151 Å². The summed E-state index contributed by atoms with van der Waals surface area (Å²) in [7, 11) is -3.70. The maximum absolute atomic E-state index is 12.5. The number of amides is 1. The van der Waals surface area contributed by atoms with Crippen LogP contribution in [0.5, 0.6) is 0 Å². The van der Waals surface area contributed by atoms with E-state index in [0.29, 0.717) is 0 Å². The predicted octanol–water partition coefficient (Wildman–Crippen LogP) is 2.62. The average Bonchev–Trinajstić information content (AvgIpc) is 3.42. The minimum absolute atomic E-state index is 0.0288. The molecule has 1 aliphatic rings.